The fourth-order valence-corrected chi connectivity index (χ4v) is 2.14. The Kier molecular flexibility index (Phi) is 5.11. The second-order valence-corrected chi connectivity index (χ2v) is 3.92. The molecule has 1 saturated heterocycles. The van der Waals surface area contributed by atoms with Gasteiger partial charge in [-0.3, -0.25) is 0 Å². The summed E-state index contributed by atoms with van der Waals surface area (Å²) < 4.78 is 13.6. The number of hydrogen-bond acceptors (Lipinski definition) is 2. The third kappa shape index (κ3) is 2.83. The van der Waals surface area contributed by atoms with E-state index in [1.165, 1.54) is 6.07 Å². The van der Waals surface area contributed by atoms with Crippen LogP contribution < -0.4 is 5.32 Å². The van der Waals surface area contributed by atoms with Crippen molar-refractivity contribution in [2.24, 2.45) is 0 Å². The Balaban J connectivity index is 0.000000686. The maximum absolute atomic E-state index is 13.6. The zero-order valence-electron chi connectivity index (χ0n) is 10.5. The normalized spacial score (nSPS) is 17.5. The van der Waals surface area contributed by atoms with Gasteiger partial charge in [-0.05, 0) is 32.0 Å². The number of nitrogens with zero attached hydrogens (tertiary/aromatic N) is 1. The second kappa shape index (κ2) is 6.36. The Morgan fingerprint density at radius 1 is 1.24 bits per heavy atom. The molecule has 1 heterocycles. The Bertz CT molecular complexity index is 389. The van der Waals surface area contributed by atoms with Gasteiger partial charge in [0.15, 0.2) is 0 Å². The molecule has 0 amide bonds. The van der Waals surface area contributed by atoms with Gasteiger partial charge in [-0.15, -0.1) is 0 Å². The highest BCUT2D eigenvalue weighted by Crippen LogP contribution is 2.34. The monoisotopic (exact) mass is 234 g/mol. The molecule has 2 nitrogen and oxygen atoms in total. The quantitative estimate of drug-likeness (QED) is 0.810. The van der Waals surface area contributed by atoms with E-state index in [-0.39, 0.29) is 5.82 Å². The van der Waals surface area contributed by atoms with Gasteiger partial charge >= 0.3 is 0 Å². The summed E-state index contributed by atoms with van der Waals surface area (Å²) in [5.41, 5.74) is -0.0784. The zero-order chi connectivity index (χ0) is 12.7. The molecule has 1 aromatic rings. The zero-order valence-corrected chi connectivity index (χ0v) is 10.5. The van der Waals surface area contributed by atoms with Crippen LogP contribution in [-0.4, -0.2) is 13.1 Å². The van der Waals surface area contributed by atoms with Crippen LogP contribution in [0.3, 0.4) is 0 Å². The van der Waals surface area contributed by atoms with Gasteiger partial charge in [0, 0.05) is 5.56 Å². The highest BCUT2D eigenvalue weighted by molar-refractivity contribution is 5.34. The molecule has 1 N–H and O–H groups in total. The highest BCUT2D eigenvalue weighted by Gasteiger charge is 2.35. The fraction of sp³-hybridized carbons (Fsp3) is 0.500. The van der Waals surface area contributed by atoms with E-state index in [0.717, 1.165) is 13.1 Å². The first-order chi connectivity index (χ1) is 8.28. The summed E-state index contributed by atoms with van der Waals surface area (Å²) in [5.74, 6) is -0.263. The molecule has 17 heavy (non-hydrogen) atoms. The number of rotatable bonds is 1. The van der Waals surface area contributed by atoms with Gasteiger partial charge in [-0.1, -0.05) is 32.0 Å². The molecule has 0 aliphatic carbocycles. The molecule has 1 aliphatic heterocycles. The molecule has 0 bridgehead atoms. The number of benzene rings is 1. The van der Waals surface area contributed by atoms with Crippen molar-refractivity contribution in [3.63, 3.8) is 0 Å². The molecule has 0 unspecified atom stereocenters. The van der Waals surface area contributed by atoms with Crippen LogP contribution in [0.1, 0.15) is 32.3 Å². The maximum atomic E-state index is 13.6. The van der Waals surface area contributed by atoms with E-state index < -0.39 is 5.41 Å². The van der Waals surface area contributed by atoms with Crippen LogP contribution in [0.15, 0.2) is 24.3 Å². The summed E-state index contributed by atoms with van der Waals surface area (Å²) in [6.07, 6.45) is 1.37. The van der Waals surface area contributed by atoms with Gasteiger partial charge < -0.3 is 5.32 Å². The van der Waals surface area contributed by atoms with Crippen LogP contribution in [-0.2, 0) is 5.41 Å². The second-order valence-electron chi connectivity index (χ2n) is 3.92. The molecule has 0 spiro atoms. The van der Waals surface area contributed by atoms with Crippen molar-refractivity contribution in [1.29, 1.82) is 5.26 Å². The lowest BCUT2D eigenvalue weighted by molar-refractivity contribution is 0.370. The smallest absolute Gasteiger partial charge is 0.128 e. The van der Waals surface area contributed by atoms with Crippen LogP contribution in [0.5, 0.6) is 0 Å². The lowest BCUT2D eigenvalue weighted by Crippen LogP contribution is -2.39. The third-order valence-electron chi connectivity index (χ3n) is 3.06. The summed E-state index contributed by atoms with van der Waals surface area (Å²) in [4.78, 5) is 0. The van der Waals surface area contributed by atoms with Crippen molar-refractivity contribution in [1.82, 2.24) is 5.32 Å². The van der Waals surface area contributed by atoms with Crippen LogP contribution in [0, 0.1) is 17.1 Å². The minimum Gasteiger partial charge on any atom is -0.317 e. The molecular weight excluding hydrogens is 215 g/mol. The fourth-order valence-electron chi connectivity index (χ4n) is 2.14. The van der Waals surface area contributed by atoms with E-state index in [1.54, 1.807) is 18.2 Å². The Labute approximate surface area is 102 Å². The van der Waals surface area contributed by atoms with Crippen molar-refractivity contribution >= 4 is 0 Å². The van der Waals surface area contributed by atoms with Crippen LogP contribution in [0.25, 0.3) is 0 Å². The largest absolute Gasteiger partial charge is 0.317 e. The van der Waals surface area contributed by atoms with E-state index in [2.05, 4.69) is 11.4 Å². The molecule has 0 aromatic heterocycles. The minimum atomic E-state index is -0.628. The molecule has 1 fully saturated rings. The molecule has 92 valence electrons. The van der Waals surface area contributed by atoms with E-state index in [9.17, 15) is 9.65 Å². The SMILES string of the molecule is CC.N#CC1(c2ccccc2F)CCNCC1. The minimum absolute atomic E-state index is 0.263. The predicted octanol–water partition coefficient (Wildman–Crippen LogP) is 3.00. The molecular formula is C14H19FN2. The first-order valence-corrected chi connectivity index (χ1v) is 6.15. The summed E-state index contributed by atoms with van der Waals surface area (Å²) in [7, 11) is 0. The average Bonchev–Trinajstić information content (AvgIpc) is 2.42. The molecule has 0 atom stereocenters. The van der Waals surface area contributed by atoms with E-state index in [1.807, 2.05) is 13.8 Å². The Morgan fingerprint density at radius 3 is 2.35 bits per heavy atom. The van der Waals surface area contributed by atoms with Crippen LogP contribution >= 0.6 is 0 Å². The molecule has 0 saturated carbocycles. The number of halogens is 1. The number of nitrogens with one attached hydrogen (secondary N) is 1. The van der Waals surface area contributed by atoms with Crippen molar-refractivity contribution in [3.8, 4) is 6.07 Å². The van der Waals surface area contributed by atoms with Crippen molar-refractivity contribution < 1.29 is 4.39 Å². The standard InChI is InChI=1S/C12H13FN2.C2H6/c13-11-4-2-1-3-10(11)12(9-14)5-7-15-8-6-12;1-2/h1-4,15H,5-8H2;1-2H3. The van der Waals surface area contributed by atoms with Gasteiger partial charge in [0.1, 0.15) is 5.82 Å². The topological polar surface area (TPSA) is 35.8 Å². The maximum Gasteiger partial charge on any atom is 0.128 e. The Hall–Kier alpha value is -1.40. The number of piperidine rings is 1. The molecule has 1 aliphatic rings. The van der Waals surface area contributed by atoms with Crippen LogP contribution in [0.4, 0.5) is 4.39 Å². The van der Waals surface area contributed by atoms with E-state index in [4.69, 9.17) is 0 Å². The van der Waals surface area contributed by atoms with Gasteiger partial charge in [0.05, 0.1) is 11.5 Å². The molecule has 1 aromatic carbocycles. The first kappa shape index (κ1) is 13.7. The molecule has 3 heteroatoms. The van der Waals surface area contributed by atoms with Crippen LogP contribution in [0.2, 0.25) is 0 Å². The van der Waals surface area contributed by atoms with Gasteiger partial charge in [0.2, 0.25) is 0 Å². The summed E-state index contributed by atoms with van der Waals surface area (Å²) in [6, 6.07) is 8.90. The molecule has 0 radical (unpaired) electrons. The number of hydrogen-bond donors (Lipinski definition) is 1. The van der Waals surface area contributed by atoms with Crippen molar-refractivity contribution in [3.05, 3.63) is 35.6 Å². The summed E-state index contributed by atoms with van der Waals surface area (Å²) >= 11 is 0. The summed E-state index contributed by atoms with van der Waals surface area (Å²) in [5, 5.41) is 12.5. The molecule has 2 rings (SSSR count). The van der Waals surface area contributed by atoms with Crippen molar-refractivity contribution in [2.45, 2.75) is 32.1 Å². The van der Waals surface area contributed by atoms with Gasteiger partial charge in [-0.2, -0.15) is 5.26 Å². The van der Waals surface area contributed by atoms with Gasteiger partial charge in [0.25, 0.3) is 0 Å². The highest BCUT2D eigenvalue weighted by atomic mass is 19.1. The lowest BCUT2D eigenvalue weighted by Gasteiger charge is -2.31. The van der Waals surface area contributed by atoms with E-state index in [0.29, 0.717) is 18.4 Å². The number of nitriles is 1. The average molecular weight is 234 g/mol. The van der Waals surface area contributed by atoms with Gasteiger partial charge in [-0.25, -0.2) is 4.39 Å². The Morgan fingerprint density at radius 2 is 1.82 bits per heavy atom. The summed E-state index contributed by atoms with van der Waals surface area (Å²) in [6.45, 7) is 5.56. The van der Waals surface area contributed by atoms with E-state index >= 15 is 0 Å². The van der Waals surface area contributed by atoms with Crippen molar-refractivity contribution in [2.75, 3.05) is 13.1 Å². The first-order valence-electron chi connectivity index (χ1n) is 6.15. The lowest BCUT2D eigenvalue weighted by atomic mass is 9.74. The predicted molar refractivity (Wildman–Crippen MR) is 67.1 cm³/mol. The third-order valence-corrected chi connectivity index (χ3v) is 3.06.